The van der Waals surface area contributed by atoms with Gasteiger partial charge in [0, 0.05) is 31.6 Å². The normalized spacial score (nSPS) is 12.7. The molecule has 0 aromatic carbocycles. The summed E-state index contributed by atoms with van der Waals surface area (Å²) < 4.78 is 62.9. The number of sulfone groups is 1. The van der Waals surface area contributed by atoms with Crippen molar-refractivity contribution in [3.63, 3.8) is 0 Å². The zero-order chi connectivity index (χ0) is 18.3. The zero-order valence-electron chi connectivity index (χ0n) is 13.5. The molecule has 0 amide bonds. The van der Waals surface area contributed by atoms with Crippen molar-refractivity contribution in [2.24, 2.45) is 0 Å². The van der Waals surface area contributed by atoms with Crippen molar-refractivity contribution >= 4 is 15.7 Å². The molecule has 0 unspecified atom stereocenters. The minimum atomic E-state index is -4.59. The topological polar surface area (TPSA) is 68.1 Å². The fourth-order valence-electron chi connectivity index (χ4n) is 1.91. The molecule has 132 valence electrons. The number of hydrogen-bond donors (Lipinski definition) is 0. The van der Waals surface area contributed by atoms with E-state index in [4.69, 9.17) is 0 Å². The van der Waals surface area contributed by atoms with E-state index in [1.165, 1.54) is 12.1 Å². The maximum atomic E-state index is 13.0. The number of anilines is 1. The largest absolute Gasteiger partial charge is 0.435 e. The molecule has 6 nitrogen and oxygen atoms in total. The van der Waals surface area contributed by atoms with Gasteiger partial charge in [0.25, 0.3) is 0 Å². The molecule has 2 rings (SSSR count). The lowest BCUT2D eigenvalue weighted by Crippen LogP contribution is -2.28. The van der Waals surface area contributed by atoms with Gasteiger partial charge in [0.15, 0.2) is 21.3 Å². The highest BCUT2D eigenvalue weighted by Gasteiger charge is 2.36. The van der Waals surface area contributed by atoms with Gasteiger partial charge in [-0.05, 0) is 26.0 Å². The molecule has 0 atom stereocenters. The van der Waals surface area contributed by atoms with Crippen LogP contribution in [0.4, 0.5) is 19.0 Å². The van der Waals surface area contributed by atoms with Crippen LogP contribution in [0.1, 0.15) is 19.5 Å². The SMILES string of the molecule is CC(C)N(C)c1cc(C(F)(F)F)nn1-c1ccc(S(C)(=O)=O)cn1. The minimum Gasteiger partial charge on any atom is -0.357 e. The van der Waals surface area contributed by atoms with E-state index in [9.17, 15) is 21.6 Å². The first kappa shape index (κ1) is 18.2. The van der Waals surface area contributed by atoms with E-state index in [1.807, 2.05) is 13.8 Å². The van der Waals surface area contributed by atoms with Gasteiger partial charge in [-0.1, -0.05) is 0 Å². The second kappa shape index (κ2) is 6.08. The van der Waals surface area contributed by atoms with Crippen LogP contribution in [0.25, 0.3) is 5.82 Å². The van der Waals surface area contributed by atoms with Gasteiger partial charge < -0.3 is 4.90 Å². The number of nitrogens with zero attached hydrogens (tertiary/aromatic N) is 4. The second-order valence-electron chi connectivity index (χ2n) is 5.63. The predicted octanol–water partition coefficient (Wildman–Crippen LogP) is 2.53. The van der Waals surface area contributed by atoms with Gasteiger partial charge in [0.05, 0.1) is 4.90 Å². The minimum absolute atomic E-state index is 0.0202. The Kier molecular flexibility index (Phi) is 4.62. The average Bonchev–Trinajstić information content (AvgIpc) is 2.90. The van der Waals surface area contributed by atoms with Crippen LogP contribution in [-0.4, -0.2) is 42.5 Å². The summed E-state index contributed by atoms with van der Waals surface area (Å²) in [4.78, 5) is 5.54. The van der Waals surface area contributed by atoms with Crippen molar-refractivity contribution in [1.29, 1.82) is 0 Å². The summed E-state index contributed by atoms with van der Waals surface area (Å²) in [6.45, 7) is 3.65. The standard InChI is InChI=1S/C14H17F3N4O2S/c1-9(2)20(3)13-7-11(14(15,16)17)19-21(13)12-6-5-10(8-18-12)24(4,22)23/h5-9H,1-4H3. The molecule has 0 spiro atoms. The second-order valence-corrected chi connectivity index (χ2v) is 7.64. The average molecular weight is 362 g/mol. The van der Waals surface area contributed by atoms with Gasteiger partial charge in [-0.25, -0.2) is 13.4 Å². The molecule has 0 saturated carbocycles. The van der Waals surface area contributed by atoms with E-state index < -0.39 is 21.7 Å². The number of alkyl halides is 3. The molecular formula is C14H17F3N4O2S. The quantitative estimate of drug-likeness (QED) is 0.836. The Balaban J connectivity index is 2.58. The molecule has 0 radical (unpaired) electrons. The predicted molar refractivity (Wildman–Crippen MR) is 83.0 cm³/mol. The van der Waals surface area contributed by atoms with Gasteiger partial charge >= 0.3 is 6.18 Å². The first-order chi connectivity index (χ1) is 10.9. The lowest BCUT2D eigenvalue weighted by molar-refractivity contribution is -0.141. The number of hydrogen-bond acceptors (Lipinski definition) is 5. The van der Waals surface area contributed by atoms with Gasteiger partial charge in [-0.15, -0.1) is 0 Å². The molecule has 0 fully saturated rings. The van der Waals surface area contributed by atoms with E-state index in [1.54, 1.807) is 11.9 Å². The Morgan fingerprint density at radius 3 is 2.29 bits per heavy atom. The van der Waals surface area contributed by atoms with Crippen LogP contribution in [-0.2, 0) is 16.0 Å². The Morgan fingerprint density at radius 1 is 1.25 bits per heavy atom. The van der Waals surface area contributed by atoms with Crippen molar-refractivity contribution in [1.82, 2.24) is 14.8 Å². The van der Waals surface area contributed by atoms with E-state index >= 15 is 0 Å². The number of rotatable bonds is 4. The molecule has 24 heavy (non-hydrogen) atoms. The Morgan fingerprint density at radius 2 is 1.88 bits per heavy atom. The highest BCUT2D eigenvalue weighted by molar-refractivity contribution is 7.90. The molecule has 0 aliphatic carbocycles. The Labute approximate surface area is 137 Å². The van der Waals surface area contributed by atoms with Crippen molar-refractivity contribution in [3.8, 4) is 5.82 Å². The van der Waals surface area contributed by atoms with E-state index in [-0.39, 0.29) is 22.6 Å². The highest BCUT2D eigenvalue weighted by Crippen LogP contribution is 2.32. The monoisotopic (exact) mass is 362 g/mol. The first-order valence-electron chi connectivity index (χ1n) is 6.98. The molecule has 2 heterocycles. The van der Waals surface area contributed by atoms with Crippen LogP contribution in [0.5, 0.6) is 0 Å². The van der Waals surface area contributed by atoms with Crippen molar-refractivity contribution in [3.05, 3.63) is 30.1 Å². The third-order valence-electron chi connectivity index (χ3n) is 3.48. The Bertz CT molecular complexity index is 827. The van der Waals surface area contributed by atoms with Crippen molar-refractivity contribution in [2.75, 3.05) is 18.2 Å². The van der Waals surface area contributed by atoms with Crippen LogP contribution in [0.15, 0.2) is 29.3 Å². The van der Waals surface area contributed by atoms with Crippen LogP contribution < -0.4 is 4.90 Å². The van der Waals surface area contributed by atoms with Crippen molar-refractivity contribution < 1.29 is 21.6 Å². The molecule has 10 heteroatoms. The summed E-state index contributed by atoms with van der Waals surface area (Å²) in [6, 6.07) is 3.47. The molecule has 0 N–H and O–H groups in total. The highest BCUT2D eigenvalue weighted by atomic mass is 32.2. The zero-order valence-corrected chi connectivity index (χ0v) is 14.4. The molecule has 2 aromatic heterocycles. The summed E-state index contributed by atoms with van der Waals surface area (Å²) in [5.41, 5.74) is -1.04. The van der Waals surface area contributed by atoms with Crippen LogP contribution in [0.2, 0.25) is 0 Å². The lowest BCUT2D eigenvalue weighted by Gasteiger charge is -2.23. The summed E-state index contributed by atoms with van der Waals surface area (Å²) in [5.74, 6) is 0.303. The maximum absolute atomic E-state index is 13.0. The van der Waals surface area contributed by atoms with Crippen LogP contribution >= 0.6 is 0 Å². The van der Waals surface area contributed by atoms with Gasteiger partial charge in [-0.2, -0.15) is 23.0 Å². The van der Waals surface area contributed by atoms with Crippen LogP contribution in [0.3, 0.4) is 0 Å². The fraction of sp³-hybridized carbons (Fsp3) is 0.429. The first-order valence-corrected chi connectivity index (χ1v) is 8.87. The van der Waals surface area contributed by atoms with E-state index in [2.05, 4.69) is 10.1 Å². The molecule has 0 aliphatic heterocycles. The molecule has 0 aliphatic rings. The van der Waals surface area contributed by atoms with E-state index in [0.717, 1.165) is 23.2 Å². The molecule has 0 bridgehead atoms. The number of halogens is 3. The summed E-state index contributed by atoms with van der Waals surface area (Å²) in [6.07, 6.45) is -2.47. The summed E-state index contributed by atoms with van der Waals surface area (Å²) >= 11 is 0. The molecular weight excluding hydrogens is 345 g/mol. The molecule has 0 saturated heterocycles. The van der Waals surface area contributed by atoms with E-state index in [0.29, 0.717) is 0 Å². The summed E-state index contributed by atoms with van der Waals surface area (Å²) in [5, 5.41) is 3.59. The van der Waals surface area contributed by atoms with Gasteiger partial charge in [-0.3, -0.25) is 0 Å². The molecule has 2 aromatic rings. The smallest absolute Gasteiger partial charge is 0.357 e. The lowest BCUT2D eigenvalue weighted by atomic mass is 10.3. The number of pyridine rings is 1. The van der Waals surface area contributed by atoms with Gasteiger partial charge in [0.1, 0.15) is 5.82 Å². The maximum Gasteiger partial charge on any atom is 0.435 e. The number of aromatic nitrogens is 3. The van der Waals surface area contributed by atoms with Gasteiger partial charge in [0.2, 0.25) is 0 Å². The van der Waals surface area contributed by atoms with Crippen molar-refractivity contribution in [2.45, 2.75) is 31.0 Å². The Hall–Kier alpha value is -2.10. The fourth-order valence-corrected chi connectivity index (χ4v) is 2.47. The third kappa shape index (κ3) is 3.69. The third-order valence-corrected chi connectivity index (χ3v) is 4.58. The summed E-state index contributed by atoms with van der Waals surface area (Å²) in [7, 11) is -1.80. The van der Waals surface area contributed by atoms with Crippen LogP contribution in [0, 0.1) is 0 Å².